The lowest BCUT2D eigenvalue weighted by Gasteiger charge is -2.35. The van der Waals surface area contributed by atoms with Gasteiger partial charge in [0.1, 0.15) is 5.82 Å². The van der Waals surface area contributed by atoms with E-state index in [9.17, 15) is 4.39 Å². The molecule has 2 fully saturated rings. The Balaban J connectivity index is 0.00000243. The summed E-state index contributed by atoms with van der Waals surface area (Å²) >= 11 is 0. The smallest absolute Gasteiger partial charge is 0.191 e. The van der Waals surface area contributed by atoms with E-state index in [1.54, 1.807) is 26.1 Å². The number of hydrogen-bond acceptors (Lipinski definition) is 3. The predicted molar refractivity (Wildman–Crippen MR) is 114 cm³/mol. The minimum atomic E-state index is -0.176. The van der Waals surface area contributed by atoms with Gasteiger partial charge in [0.2, 0.25) is 0 Å². The molecule has 0 aromatic heterocycles. The van der Waals surface area contributed by atoms with E-state index in [0.29, 0.717) is 17.6 Å². The molecule has 26 heavy (non-hydrogen) atoms. The van der Waals surface area contributed by atoms with Crippen molar-refractivity contribution in [2.24, 2.45) is 4.99 Å². The fourth-order valence-electron chi connectivity index (χ4n) is 3.58. The van der Waals surface area contributed by atoms with Crippen molar-refractivity contribution < 1.29 is 9.13 Å². The van der Waals surface area contributed by atoms with E-state index in [1.165, 1.54) is 19.4 Å². The number of aliphatic imine (C=N–C) groups is 1. The first-order valence-electron chi connectivity index (χ1n) is 9.15. The first kappa shape index (κ1) is 21.4. The van der Waals surface area contributed by atoms with Gasteiger partial charge in [-0.25, -0.2) is 4.39 Å². The first-order chi connectivity index (χ1) is 12.1. The minimum absolute atomic E-state index is 0. The number of nitrogens with one attached hydrogen (secondary N) is 2. The van der Waals surface area contributed by atoms with E-state index in [4.69, 9.17) is 4.74 Å². The van der Waals surface area contributed by atoms with Crippen LogP contribution in [-0.2, 0) is 4.74 Å². The number of hydrogen-bond donors (Lipinski definition) is 2. The van der Waals surface area contributed by atoms with Crippen LogP contribution in [-0.4, -0.2) is 56.3 Å². The molecule has 3 rings (SSSR count). The van der Waals surface area contributed by atoms with E-state index in [-0.39, 0.29) is 41.9 Å². The summed E-state index contributed by atoms with van der Waals surface area (Å²) in [6, 6.07) is 5.92. The second kappa shape index (κ2) is 9.85. The summed E-state index contributed by atoms with van der Waals surface area (Å²) in [5.74, 6) is 0.533. The van der Waals surface area contributed by atoms with E-state index in [2.05, 4.69) is 20.5 Å². The van der Waals surface area contributed by atoms with Gasteiger partial charge in [-0.3, -0.25) is 9.89 Å². The molecule has 3 atom stereocenters. The third-order valence-corrected chi connectivity index (χ3v) is 5.23. The standard InChI is InChI=1S/C19H29FN4O.HI/c1-13-6-7-15(9-18(13)20)14(2)23-19(21-3)22-10-17-11-24-8-4-5-16(24)12-25-17;/h6-7,9,14,16-17H,4-5,8,10-12H2,1-3H3,(H2,21,22,23);1H. The molecule has 2 N–H and O–H groups in total. The van der Waals surface area contributed by atoms with Crippen molar-refractivity contribution in [2.45, 2.75) is 44.9 Å². The van der Waals surface area contributed by atoms with Crippen LogP contribution in [0, 0.1) is 12.7 Å². The molecule has 0 spiro atoms. The van der Waals surface area contributed by atoms with Crippen LogP contribution in [0.2, 0.25) is 0 Å². The fourth-order valence-corrected chi connectivity index (χ4v) is 3.58. The molecule has 2 saturated heterocycles. The average Bonchev–Trinajstić information content (AvgIpc) is 3.08. The lowest BCUT2D eigenvalue weighted by Crippen LogP contribution is -2.51. The molecule has 2 heterocycles. The third-order valence-electron chi connectivity index (χ3n) is 5.23. The van der Waals surface area contributed by atoms with E-state index in [0.717, 1.165) is 25.3 Å². The fraction of sp³-hybridized carbons (Fsp3) is 0.632. The Morgan fingerprint density at radius 1 is 1.46 bits per heavy atom. The molecule has 0 aliphatic carbocycles. The molecule has 2 aliphatic rings. The van der Waals surface area contributed by atoms with Crippen molar-refractivity contribution in [3.63, 3.8) is 0 Å². The number of aryl methyl sites for hydroxylation is 1. The van der Waals surface area contributed by atoms with Gasteiger partial charge in [0.15, 0.2) is 5.96 Å². The molecular weight excluding hydrogens is 446 g/mol. The summed E-state index contributed by atoms with van der Waals surface area (Å²) in [6.07, 6.45) is 2.72. The molecule has 0 saturated carbocycles. The van der Waals surface area contributed by atoms with Crippen LogP contribution in [0.15, 0.2) is 23.2 Å². The zero-order valence-corrected chi connectivity index (χ0v) is 18.1. The van der Waals surface area contributed by atoms with Gasteiger partial charge in [0.05, 0.1) is 18.8 Å². The summed E-state index contributed by atoms with van der Waals surface area (Å²) < 4.78 is 19.7. The maximum atomic E-state index is 13.8. The van der Waals surface area contributed by atoms with E-state index >= 15 is 0 Å². The van der Waals surface area contributed by atoms with Gasteiger partial charge in [-0.1, -0.05) is 12.1 Å². The van der Waals surface area contributed by atoms with Gasteiger partial charge in [-0.15, -0.1) is 24.0 Å². The van der Waals surface area contributed by atoms with Crippen LogP contribution in [0.4, 0.5) is 4.39 Å². The summed E-state index contributed by atoms with van der Waals surface area (Å²) in [5, 5.41) is 6.66. The second-order valence-electron chi connectivity index (χ2n) is 7.07. The van der Waals surface area contributed by atoms with Crippen LogP contribution in [0.5, 0.6) is 0 Å². The quantitative estimate of drug-likeness (QED) is 0.399. The number of nitrogens with zero attached hydrogens (tertiary/aromatic N) is 2. The van der Waals surface area contributed by atoms with E-state index in [1.807, 2.05) is 13.0 Å². The molecule has 7 heteroatoms. The van der Waals surface area contributed by atoms with Gasteiger partial charge in [-0.05, 0) is 50.4 Å². The van der Waals surface area contributed by atoms with Crippen molar-refractivity contribution in [1.29, 1.82) is 0 Å². The highest BCUT2D eigenvalue weighted by Gasteiger charge is 2.32. The summed E-state index contributed by atoms with van der Waals surface area (Å²) in [7, 11) is 1.75. The Morgan fingerprint density at radius 2 is 2.27 bits per heavy atom. The zero-order valence-electron chi connectivity index (χ0n) is 15.8. The average molecular weight is 476 g/mol. The van der Waals surface area contributed by atoms with Crippen LogP contribution in [0.25, 0.3) is 0 Å². The van der Waals surface area contributed by atoms with Gasteiger partial charge in [0.25, 0.3) is 0 Å². The second-order valence-corrected chi connectivity index (χ2v) is 7.07. The molecule has 1 aromatic carbocycles. The van der Waals surface area contributed by atoms with Crippen LogP contribution >= 0.6 is 24.0 Å². The molecule has 0 amide bonds. The molecule has 146 valence electrons. The Morgan fingerprint density at radius 3 is 3.00 bits per heavy atom. The molecule has 3 unspecified atom stereocenters. The summed E-state index contributed by atoms with van der Waals surface area (Å²) in [4.78, 5) is 6.81. The van der Waals surface area contributed by atoms with Crippen LogP contribution in [0.3, 0.4) is 0 Å². The summed E-state index contributed by atoms with van der Waals surface area (Å²) in [6.45, 7) is 7.49. The van der Waals surface area contributed by atoms with Gasteiger partial charge in [0, 0.05) is 26.2 Å². The topological polar surface area (TPSA) is 48.9 Å². The van der Waals surface area contributed by atoms with Crippen molar-refractivity contribution in [3.05, 3.63) is 35.1 Å². The minimum Gasteiger partial charge on any atom is -0.373 e. The summed E-state index contributed by atoms with van der Waals surface area (Å²) in [5.41, 5.74) is 1.56. The largest absolute Gasteiger partial charge is 0.373 e. The molecular formula is C19H30FIN4O. The normalized spacial score (nSPS) is 24.5. The molecule has 2 aliphatic heterocycles. The zero-order chi connectivity index (χ0) is 17.8. The van der Waals surface area contributed by atoms with Gasteiger partial charge < -0.3 is 15.4 Å². The van der Waals surface area contributed by atoms with Crippen LogP contribution in [0.1, 0.15) is 36.9 Å². The number of halogens is 2. The Kier molecular flexibility index (Phi) is 8.09. The molecule has 5 nitrogen and oxygen atoms in total. The lowest BCUT2D eigenvalue weighted by atomic mass is 10.1. The predicted octanol–water partition coefficient (Wildman–Crippen LogP) is 2.84. The first-order valence-corrected chi connectivity index (χ1v) is 9.15. The van der Waals surface area contributed by atoms with Gasteiger partial charge in [-0.2, -0.15) is 0 Å². The number of benzene rings is 1. The number of morpholine rings is 1. The number of ether oxygens (including phenoxy) is 1. The Labute approximate surface area is 172 Å². The monoisotopic (exact) mass is 476 g/mol. The van der Waals surface area contributed by atoms with E-state index < -0.39 is 0 Å². The number of fused-ring (bicyclic) bond motifs is 1. The lowest BCUT2D eigenvalue weighted by molar-refractivity contribution is -0.0453. The Bertz CT molecular complexity index is 628. The van der Waals surface area contributed by atoms with Crippen molar-refractivity contribution in [3.8, 4) is 0 Å². The molecule has 1 aromatic rings. The van der Waals surface area contributed by atoms with Crippen molar-refractivity contribution in [2.75, 3.05) is 33.3 Å². The van der Waals surface area contributed by atoms with Crippen LogP contribution < -0.4 is 10.6 Å². The highest BCUT2D eigenvalue weighted by atomic mass is 127. The maximum absolute atomic E-state index is 13.8. The van der Waals surface area contributed by atoms with Gasteiger partial charge >= 0.3 is 0 Å². The molecule has 0 radical (unpaired) electrons. The van der Waals surface area contributed by atoms with Crippen molar-refractivity contribution in [1.82, 2.24) is 15.5 Å². The molecule has 0 bridgehead atoms. The highest BCUT2D eigenvalue weighted by Crippen LogP contribution is 2.22. The Hall–Kier alpha value is -0.930. The highest BCUT2D eigenvalue weighted by molar-refractivity contribution is 14.0. The SMILES string of the molecule is CN=C(NCC1CN2CCCC2CO1)NC(C)c1ccc(C)c(F)c1.I. The third kappa shape index (κ3) is 5.29. The number of guanidine groups is 1. The van der Waals surface area contributed by atoms with Crippen molar-refractivity contribution >= 4 is 29.9 Å². The maximum Gasteiger partial charge on any atom is 0.191 e. The number of rotatable bonds is 4.